The number of aryl methyl sites for hydroxylation is 1. The van der Waals surface area contributed by atoms with Crippen molar-refractivity contribution in [3.8, 4) is 0 Å². The van der Waals surface area contributed by atoms with Gasteiger partial charge >= 0.3 is 0 Å². The van der Waals surface area contributed by atoms with Gasteiger partial charge in [-0.25, -0.2) is 0 Å². The van der Waals surface area contributed by atoms with Crippen molar-refractivity contribution >= 4 is 29.7 Å². The number of carbonyl (C=O) groups is 1. The number of anilines is 2. The van der Waals surface area contributed by atoms with Crippen LogP contribution in [0.3, 0.4) is 0 Å². The number of hydrogen-bond acceptors (Lipinski definition) is 2. The Morgan fingerprint density at radius 3 is 2.47 bits per heavy atom. The summed E-state index contributed by atoms with van der Waals surface area (Å²) < 4.78 is 0. The number of amides is 1. The van der Waals surface area contributed by atoms with E-state index in [9.17, 15) is 4.79 Å². The lowest BCUT2D eigenvalue weighted by Gasteiger charge is -2.17. The smallest absolute Gasteiger partial charge is 0.253 e. The molecule has 2 aromatic rings. The summed E-state index contributed by atoms with van der Waals surface area (Å²) in [5, 5.41) is 0. The fourth-order valence-electron chi connectivity index (χ4n) is 2.34. The molecule has 1 atom stereocenters. The van der Waals surface area contributed by atoms with Crippen LogP contribution in [0.2, 0.25) is 0 Å². The van der Waals surface area contributed by atoms with E-state index in [4.69, 9.17) is 5.73 Å². The van der Waals surface area contributed by atoms with Crippen molar-refractivity contribution in [2.75, 3.05) is 4.90 Å². The van der Waals surface area contributed by atoms with Gasteiger partial charge in [0, 0.05) is 11.3 Å². The zero-order chi connectivity index (χ0) is 12.7. The number of nitrogens with two attached hydrogens (primary N) is 1. The van der Waals surface area contributed by atoms with Crippen LogP contribution in [-0.4, -0.2) is 5.91 Å². The molecular weight excluding hydrogens is 260 g/mol. The fourth-order valence-corrected chi connectivity index (χ4v) is 2.34. The summed E-state index contributed by atoms with van der Waals surface area (Å²) in [5.41, 5.74) is 9.76. The average molecular weight is 275 g/mol. The maximum Gasteiger partial charge on any atom is 0.253 e. The molecule has 19 heavy (non-hydrogen) atoms. The van der Waals surface area contributed by atoms with E-state index >= 15 is 0 Å². The zero-order valence-electron chi connectivity index (χ0n) is 10.5. The van der Waals surface area contributed by atoms with Crippen molar-refractivity contribution < 1.29 is 4.79 Å². The van der Waals surface area contributed by atoms with Crippen molar-refractivity contribution in [2.24, 2.45) is 5.73 Å². The topological polar surface area (TPSA) is 46.3 Å². The van der Waals surface area contributed by atoms with E-state index in [0.717, 1.165) is 22.5 Å². The van der Waals surface area contributed by atoms with E-state index in [0.29, 0.717) is 0 Å². The van der Waals surface area contributed by atoms with Crippen LogP contribution in [0, 0.1) is 6.92 Å². The van der Waals surface area contributed by atoms with Gasteiger partial charge in [-0.05, 0) is 30.7 Å². The van der Waals surface area contributed by atoms with Gasteiger partial charge in [-0.2, -0.15) is 0 Å². The van der Waals surface area contributed by atoms with Crippen LogP contribution in [0.15, 0.2) is 48.5 Å². The summed E-state index contributed by atoms with van der Waals surface area (Å²) in [4.78, 5) is 14.0. The number of hydrogen-bond donors (Lipinski definition) is 1. The van der Waals surface area contributed by atoms with Crippen LogP contribution in [-0.2, 0) is 4.79 Å². The predicted molar refractivity (Wildman–Crippen MR) is 78.9 cm³/mol. The number of halogens is 1. The third-order valence-corrected chi connectivity index (χ3v) is 3.26. The lowest BCUT2D eigenvalue weighted by Crippen LogP contribution is -2.27. The highest BCUT2D eigenvalue weighted by Gasteiger charge is 2.35. The summed E-state index contributed by atoms with van der Waals surface area (Å²) in [6.07, 6.45) is 0. The van der Waals surface area contributed by atoms with Gasteiger partial charge < -0.3 is 5.73 Å². The molecule has 0 aliphatic carbocycles. The van der Waals surface area contributed by atoms with Gasteiger partial charge in [0.15, 0.2) is 0 Å². The van der Waals surface area contributed by atoms with Crippen LogP contribution in [0.25, 0.3) is 0 Å². The minimum Gasteiger partial charge on any atom is -0.316 e. The molecule has 1 unspecified atom stereocenters. The number of rotatable bonds is 1. The fraction of sp³-hybridized carbons (Fsp3) is 0.133. The molecule has 3 nitrogen and oxygen atoms in total. The first kappa shape index (κ1) is 13.6. The van der Waals surface area contributed by atoms with Crippen LogP contribution >= 0.6 is 12.4 Å². The van der Waals surface area contributed by atoms with Crippen LogP contribution < -0.4 is 10.6 Å². The van der Waals surface area contributed by atoms with Crippen molar-refractivity contribution in [1.29, 1.82) is 0 Å². The Kier molecular flexibility index (Phi) is 3.60. The molecule has 1 amide bonds. The second kappa shape index (κ2) is 5.03. The van der Waals surface area contributed by atoms with E-state index < -0.39 is 6.04 Å². The highest BCUT2D eigenvalue weighted by atomic mass is 35.5. The Bertz CT molecular complexity index is 613. The number of benzene rings is 2. The Morgan fingerprint density at radius 2 is 1.79 bits per heavy atom. The van der Waals surface area contributed by atoms with Gasteiger partial charge in [0.25, 0.3) is 5.91 Å². The van der Waals surface area contributed by atoms with Gasteiger partial charge in [-0.3, -0.25) is 9.69 Å². The van der Waals surface area contributed by atoms with Gasteiger partial charge in [-0.15, -0.1) is 12.4 Å². The quantitative estimate of drug-likeness (QED) is 0.869. The molecule has 0 fully saturated rings. The molecule has 1 aliphatic heterocycles. The van der Waals surface area contributed by atoms with E-state index in [1.54, 1.807) is 4.90 Å². The molecule has 0 saturated heterocycles. The Balaban J connectivity index is 0.00000133. The van der Waals surface area contributed by atoms with Crippen molar-refractivity contribution in [3.63, 3.8) is 0 Å². The molecule has 0 bridgehead atoms. The van der Waals surface area contributed by atoms with Gasteiger partial charge in [-0.1, -0.05) is 30.3 Å². The first-order valence-electron chi connectivity index (χ1n) is 5.93. The normalized spacial score (nSPS) is 17.1. The Morgan fingerprint density at radius 1 is 1.11 bits per heavy atom. The molecule has 0 radical (unpaired) electrons. The van der Waals surface area contributed by atoms with E-state index in [1.807, 2.05) is 55.5 Å². The number of carbonyl (C=O) groups excluding carboxylic acids is 1. The summed E-state index contributed by atoms with van der Waals surface area (Å²) >= 11 is 0. The van der Waals surface area contributed by atoms with Crippen LogP contribution in [0.5, 0.6) is 0 Å². The van der Waals surface area contributed by atoms with Gasteiger partial charge in [0.2, 0.25) is 0 Å². The van der Waals surface area contributed by atoms with Gasteiger partial charge in [0.05, 0.1) is 5.69 Å². The number of nitrogens with zero attached hydrogens (tertiary/aromatic N) is 1. The Hall–Kier alpha value is -1.84. The molecule has 1 aliphatic rings. The van der Waals surface area contributed by atoms with Crippen molar-refractivity contribution in [3.05, 3.63) is 59.7 Å². The molecule has 3 rings (SSSR count). The van der Waals surface area contributed by atoms with Crippen molar-refractivity contribution in [2.45, 2.75) is 13.0 Å². The highest BCUT2D eigenvalue weighted by Crippen LogP contribution is 2.39. The molecule has 98 valence electrons. The monoisotopic (exact) mass is 274 g/mol. The lowest BCUT2D eigenvalue weighted by molar-refractivity contribution is -0.118. The minimum atomic E-state index is -0.555. The van der Waals surface area contributed by atoms with Crippen LogP contribution in [0.1, 0.15) is 17.2 Å². The first-order chi connectivity index (χ1) is 8.68. The molecule has 1 heterocycles. The SMILES string of the molecule is Cc1ccc2c(c1)N(c1ccccc1)C(=O)C2N.Cl. The number of fused-ring (bicyclic) bond motifs is 1. The molecule has 4 heteroatoms. The third-order valence-electron chi connectivity index (χ3n) is 3.26. The molecule has 2 N–H and O–H groups in total. The predicted octanol–water partition coefficient (Wildman–Crippen LogP) is 3.09. The molecule has 0 aromatic heterocycles. The Labute approximate surface area is 118 Å². The highest BCUT2D eigenvalue weighted by molar-refractivity contribution is 6.09. The maximum absolute atomic E-state index is 12.3. The first-order valence-corrected chi connectivity index (χ1v) is 5.93. The summed E-state index contributed by atoms with van der Waals surface area (Å²) in [6, 6.07) is 15.0. The average Bonchev–Trinajstić information content (AvgIpc) is 2.63. The molecular formula is C15H15ClN2O. The largest absolute Gasteiger partial charge is 0.316 e. The van der Waals surface area contributed by atoms with Crippen molar-refractivity contribution in [1.82, 2.24) is 0 Å². The maximum atomic E-state index is 12.3. The van der Waals surface area contributed by atoms with E-state index in [2.05, 4.69) is 0 Å². The lowest BCUT2D eigenvalue weighted by atomic mass is 10.1. The van der Waals surface area contributed by atoms with Crippen LogP contribution in [0.4, 0.5) is 11.4 Å². The second-order valence-corrected chi connectivity index (χ2v) is 4.55. The molecule has 0 saturated carbocycles. The summed E-state index contributed by atoms with van der Waals surface area (Å²) in [6.45, 7) is 2.01. The second-order valence-electron chi connectivity index (χ2n) is 4.55. The van der Waals surface area contributed by atoms with E-state index in [-0.39, 0.29) is 18.3 Å². The summed E-state index contributed by atoms with van der Waals surface area (Å²) in [5.74, 6) is -0.0678. The third kappa shape index (κ3) is 2.11. The molecule has 0 spiro atoms. The van der Waals surface area contributed by atoms with Gasteiger partial charge in [0.1, 0.15) is 6.04 Å². The minimum absolute atomic E-state index is 0. The molecule has 2 aromatic carbocycles. The van der Waals surface area contributed by atoms with E-state index in [1.165, 1.54) is 0 Å². The number of para-hydroxylation sites is 1. The zero-order valence-corrected chi connectivity index (χ0v) is 11.4. The summed E-state index contributed by atoms with van der Waals surface area (Å²) in [7, 11) is 0. The standard InChI is InChI=1S/C15H14N2O.ClH/c1-10-7-8-12-13(9-10)17(15(18)14(12)16)11-5-3-2-4-6-11;/h2-9,14H,16H2,1H3;1H.